The van der Waals surface area contributed by atoms with Gasteiger partial charge >= 0.3 is 5.97 Å². The summed E-state index contributed by atoms with van der Waals surface area (Å²) in [5.41, 5.74) is -0.0742. The van der Waals surface area contributed by atoms with Gasteiger partial charge in [-0.05, 0) is 5.92 Å². The molecule has 1 aliphatic heterocycles. The van der Waals surface area contributed by atoms with Gasteiger partial charge in [0.05, 0.1) is 13.2 Å². The molecular formula is C10H16O4. The third-order valence-electron chi connectivity index (χ3n) is 2.87. The summed E-state index contributed by atoms with van der Waals surface area (Å²) in [4.78, 5) is 10.7. The lowest BCUT2D eigenvalue weighted by molar-refractivity contribution is -0.171. The van der Waals surface area contributed by atoms with Crippen LogP contribution in [0.4, 0.5) is 0 Å². The SMILES string of the molecule is C=C(C(=O)O)C(C)C1(C)COCOC1. The first kappa shape index (κ1) is 11.2. The molecule has 1 aliphatic rings. The maximum absolute atomic E-state index is 10.7. The van der Waals surface area contributed by atoms with Crippen molar-refractivity contribution < 1.29 is 19.4 Å². The molecule has 1 N–H and O–H groups in total. The Hall–Kier alpha value is -0.870. The zero-order valence-electron chi connectivity index (χ0n) is 8.58. The second-order valence-corrected chi connectivity index (χ2v) is 4.02. The van der Waals surface area contributed by atoms with E-state index in [1.54, 1.807) is 0 Å². The summed E-state index contributed by atoms with van der Waals surface area (Å²) in [6.07, 6.45) is 0. The van der Waals surface area contributed by atoms with Crippen molar-refractivity contribution in [3.05, 3.63) is 12.2 Å². The Bertz CT molecular complexity index is 241. The van der Waals surface area contributed by atoms with Gasteiger partial charge in [-0.1, -0.05) is 20.4 Å². The van der Waals surface area contributed by atoms with Crippen LogP contribution in [0, 0.1) is 11.3 Å². The molecule has 0 bridgehead atoms. The highest BCUT2D eigenvalue weighted by Crippen LogP contribution is 2.34. The van der Waals surface area contributed by atoms with Crippen LogP contribution in [0.1, 0.15) is 13.8 Å². The number of carboxylic acids is 1. The van der Waals surface area contributed by atoms with Crippen LogP contribution in [-0.2, 0) is 14.3 Å². The maximum atomic E-state index is 10.7. The molecule has 0 aromatic heterocycles. The van der Waals surface area contributed by atoms with Crippen LogP contribution in [-0.4, -0.2) is 31.1 Å². The van der Waals surface area contributed by atoms with Crippen LogP contribution < -0.4 is 0 Å². The lowest BCUT2D eigenvalue weighted by atomic mass is 9.75. The van der Waals surface area contributed by atoms with Crippen molar-refractivity contribution in [1.29, 1.82) is 0 Å². The highest BCUT2D eigenvalue weighted by molar-refractivity contribution is 5.86. The Morgan fingerprint density at radius 1 is 1.50 bits per heavy atom. The van der Waals surface area contributed by atoms with Crippen LogP contribution in [0.15, 0.2) is 12.2 Å². The lowest BCUT2D eigenvalue weighted by Crippen LogP contribution is -2.41. The first-order chi connectivity index (χ1) is 6.47. The summed E-state index contributed by atoms with van der Waals surface area (Å²) < 4.78 is 10.4. The molecule has 1 atom stereocenters. The largest absolute Gasteiger partial charge is 0.478 e. The minimum atomic E-state index is -0.954. The van der Waals surface area contributed by atoms with E-state index in [4.69, 9.17) is 14.6 Å². The molecule has 0 saturated carbocycles. The predicted octanol–water partition coefficient (Wildman–Crippen LogP) is 1.27. The molecule has 1 rings (SSSR count). The van der Waals surface area contributed by atoms with Gasteiger partial charge in [0.25, 0.3) is 0 Å². The molecular weight excluding hydrogens is 184 g/mol. The smallest absolute Gasteiger partial charge is 0.331 e. The van der Waals surface area contributed by atoms with E-state index in [9.17, 15) is 4.79 Å². The number of hydrogen-bond acceptors (Lipinski definition) is 3. The highest BCUT2D eigenvalue weighted by atomic mass is 16.7. The van der Waals surface area contributed by atoms with Gasteiger partial charge in [0.1, 0.15) is 6.79 Å². The molecule has 1 fully saturated rings. The zero-order chi connectivity index (χ0) is 10.8. The molecule has 0 aromatic carbocycles. The van der Waals surface area contributed by atoms with Crippen molar-refractivity contribution in [3.63, 3.8) is 0 Å². The number of hydrogen-bond donors (Lipinski definition) is 1. The van der Waals surface area contributed by atoms with Gasteiger partial charge in [-0.3, -0.25) is 0 Å². The van der Waals surface area contributed by atoms with Gasteiger partial charge in [0.2, 0.25) is 0 Å². The van der Waals surface area contributed by atoms with Gasteiger partial charge in [0, 0.05) is 11.0 Å². The third-order valence-corrected chi connectivity index (χ3v) is 2.87. The quantitative estimate of drug-likeness (QED) is 0.697. The summed E-state index contributed by atoms with van der Waals surface area (Å²) in [6, 6.07) is 0. The Morgan fingerprint density at radius 2 is 2.00 bits per heavy atom. The summed E-state index contributed by atoms with van der Waals surface area (Å²) in [5.74, 6) is -1.11. The van der Waals surface area contributed by atoms with E-state index in [0.29, 0.717) is 20.0 Å². The summed E-state index contributed by atoms with van der Waals surface area (Å²) in [5, 5.41) is 8.82. The van der Waals surface area contributed by atoms with Crippen molar-refractivity contribution in [2.45, 2.75) is 13.8 Å². The standard InChI is InChI=1S/C10H16O4/c1-7(9(11)12)8(2)10(3)4-13-6-14-5-10/h8H,1,4-6H2,2-3H3,(H,11,12). The Labute approximate surface area is 83.5 Å². The summed E-state index contributed by atoms with van der Waals surface area (Å²) in [6.45, 7) is 8.68. The molecule has 0 amide bonds. The molecule has 0 aliphatic carbocycles. The molecule has 0 aromatic rings. The third kappa shape index (κ3) is 2.13. The normalized spacial score (nSPS) is 22.7. The van der Waals surface area contributed by atoms with Gasteiger partial charge in [0.15, 0.2) is 0 Å². The molecule has 80 valence electrons. The molecule has 4 nitrogen and oxygen atoms in total. The van der Waals surface area contributed by atoms with E-state index in [1.807, 2.05) is 13.8 Å². The van der Waals surface area contributed by atoms with Crippen molar-refractivity contribution in [2.24, 2.45) is 11.3 Å². The molecule has 0 spiro atoms. The highest BCUT2D eigenvalue weighted by Gasteiger charge is 2.37. The molecule has 1 heterocycles. The maximum Gasteiger partial charge on any atom is 0.331 e. The number of rotatable bonds is 3. The van der Waals surface area contributed by atoms with Crippen molar-refractivity contribution in [3.8, 4) is 0 Å². The Morgan fingerprint density at radius 3 is 2.43 bits per heavy atom. The van der Waals surface area contributed by atoms with Gasteiger partial charge < -0.3 is 14.6 Å². The fraction of sp³-hybridized carbons (Fsp3) is 0.700. The second-order valence-electron chi connectivity index (χ2n) is 4.02. The first-order valence-corrected chi connectivity index (χ1v) is 4.55. The van der Waals surface area contributed by atoms with Crippen LogP contribution in [0.3, 0.4) is 0 Å². The van der Waals surface area contributed by atoms with Crippen LogP contribution in [0.25, 0.3) is 0 Å². The average Bonchev–Trinajstić information content (AvgIpc) is 2.16. The topological polar surface area (TPSA) is 55.8 Å². The Kier molecular flexibility index (Phi) is 3.29. The molecule has 14 heavy (non-hydrogen) atoms. The fourth-order valence-corrected chi connectivity index (χ4v) is 1.51. The number of carboxylic acid groups (broad SMARTS) is 1. The zero-order valence-corrected chi connectivity index (χ0v) is 8.58. The van der Waals surface area contributed by atoms with E-state index < -0.39 is 5.97 Å². The Balaban J connectivity index is 2.70. The molecule has 4 heteroatoms. The van der Waals surface area contributed by atoms with E-state index >= 15 is 0 Å². The van der Waals surface area contributed by atoms with Crippen molar-refractivity contribution in [2.75, 3.05) is 20.0 Å². The van der Waals surface area contributed by atoms with Crippen LogP contribution in [0.2, 0.25) is 0 Å². The minimum Gasteiger partial charge on any atom is -0.478 e. The second kappa shape index (κ2) is 4.11. The molecule has 0 radical (unpaired) electrons. The minimum absolute atomic E-state index is 0.153. The first-order valence-electron chi connectivity index (χ1n) is 4.55. The lowest BCUT2D eigenvalue weighted by Gasteiger charge is -2.38. The van der Waals surface area contributed by atoms with E-state index in [-0.39, 0.29) is 16.9 Å². The van der Waals surface area contributed by atoms with Crippen LogP contribution in [0.5, 0.6) is 0 Å². The van der Waals surface area contributed by atoms with Gasteiger partial charge in [-0.15, -0.1) is 0 Å². The predicted molar refractivity (Wildman–Crippen MR) is 50.8 cm³/mol. The van der Waals surface area contributed by atoms with Gasteiger partial charge in [-0.2, -0.15) is 0 Å². The van der Waals surface area contributed by atoms with E-state index in [0.717, 1.165) is 0 Å². The summed E-state index contributed by atoms with van der Waals surface area (Å²) in [7, 11) is 0. The number of aliphatic carboxylic acids is 1. The fourth-order valence-electron chi connectivity index (χ4n) is 1.51. The number of ether oxygens (including phenoxy) is 2. The molecule has 1 unspecified atom stereocenters. The van der Waals surface area contributed by atoms with Gasteiger partial charge in [-0.25, -0.2) is 4.79 Å². The van der Waals surface area contributed by atoms with Crippen molar-refractivity contribution >= 4 is 5.97 Å². The number of carbonyl (C=O) groups is 1. The van der Waals surface area contributed by atoms with Crippen molar-refractivity contribution in [1.82, 2.24) is 0 Å². The summed E-state index contributed by atoms with van der Waals surface area (Å²) >= 11 is 0. The molecule has 1 saturated heterocycles. The van der Waals surface area contributed by atoms with E-state index in [2.05, 4.69) is 6.58 Å². The van der Waals surface area contributed by atoms with E-state index in [1.165, 1.54) is 0 Å². The average molecular weight is 200 g/mol. The monoisotopic (exact) mass is 200 g/mol. The van der Waals surface area contributed by atoms with Crippen LogP contribution >= 0.6 is 0 Å².